The van der Waals surface area contributed by atoms with Crippen LogP contribution in [-0.2, 0) is 0 Å². The number of piperidine rings is 1. The number of hydrogen-bond donors (Lipinski definition) is 0. The summed E-state index contributed by atoms with van der Waals surface area (Å²) < 4.78 is 5.22. The normalized spacial score (nSPS) is 19.2. The minimum absolute atomic E-state index is 0.00895. The third kappa shape index (κ3) is 3.02. The van der Waals surface area contributed by atoms with Gasteiger partial charge < -0.3 is 9.32 Å². The van der Waals surface area contributed by atoms with Crippen molar-refractivity contribution >= 4 is 17.2 Å². The fraction of sp³-hybridized carbons (Fsp3) is 0.500. The molecule has 0 N–H and O–H groups in total. The third-order valence-electron chi connectivity index (χ3n) is 3.92. The largest absolute Gasteiger partial charge is 0.459 e. The van der Waals surface area contributed by atoms with Crippen molar-refractivity contribution in [3.63, 3.8) is 0 Å². The Morgan fingerprint density at radius 1 is 1.52 bits per heavy atom. The maximum atomic E-state index is 12.4. The first-order chi connectivity index (χ1) is 10.1. The molecule has 0 aromatic carbocycles. The standard InChI is InChI=1S/C16H20N2O2S/c1-11(2)13-10-21-15(17-13)12-5-3-7-18(9-12)16(19)14-6-4-8-20-14/h4,6,8,10-12H,3,5,7,9H2,1-2H3/t12-/m1/s1. The zero-order chi connectivity index (χ0) is 14.8. The van der Waals surface area contributed by atoms with Gasteiger partial charge in [-0.25, -0.2) is 4.98 Å². The van der Waals surface area contributed by atoms with E-state index in [1.807, 2.05) is 4.90 Å². The summed E-state index contributed by atoms with van der Waals surface area (Å²) in [6.07, 6.45) is 3.67. The van der Waals surface area contributed by atoms with Gasteiger partial charge in [-0.15, -0.1) is 11.3 Å². The Labute approximate surface area is 128 Å². The Balaban J connectivity index is 1.72. The Bertz CT molecular complexity index is 604. The van der Waals surface area contributed by atoms with Crippen LogP contribution in [0.15, 0.2) is 28.2 Å². The second kappa shape index (κ2) is 6.02. The Morgan fingerprint density at radius 3 is 3.05 bits per heavy atom. The molecular formula is C16H20N2O2S. The van der Waals surface area contributed by atoms with Crippen molar-refractivity contribution in [2.75, 3.05) is 13.1 Å². The number of aromatic nitrogens is 1. The summed E-state index contributed by atoms with van der Waals surface area (Å²) >= 11 is 1.72. The van der Waals surface area contributed by atoms with Crippen molar-refractivity contribution in [3.8, 4) is 0 Å². The summed E-state index contributed by atoms with van der Waals surface area (Å²) in [5.74, 6) is 1.23. The van der Waals surface area contributed by atoms with Crippen LogP contribution in [0, 0.1) is 0 Å². The van der Waals surface area contributed by atoms with Gasteiger partial charge in [0.05, 0.1) is 17.0 Å². The van der Waals surface area contributed by atoms with Crippen molar-refractivity contribution in [3.05, 3.63) is 40.2 Å². The molecule has 1 aliphatic rings. The molecule has 0 aliphatic carbocycles. The average molecular weight is 304 g/mol. The molecule has 1 saturated heterocycles. The van der Waals surface area contributed by atoms with Gasteiger partial charge >= 0.3 is 0 Å². The van der Waals surface area contributed by atoms with E-state index in [1.165, 1.54) is 0 Å². The van der Waals surface area contributed by atoms with Gasteiger partial charge in [-0.2, -0.15) is 0 Å². The molecule has 1 aliphatic heterocycles. The maximum Gasteiger partial charge on any atom is 0.289 e. The van der Waals surface area contributed by atoms with Crippen molar-refractivity contribution in [2.24, 2.45) is 0 Å². The van der Waals surface area contributed by atoms with Gasteiger partial charge in [0, 0.05) is 24.4 Å². The number of rotatable bonds is 3. The van der Waals surface area contributed by atoms with Crippen molar-refractivity contribution < 1.29 is 9.21 Å². The Hall–Kier alpha value is -1.62. The molecule has 0 radical (unpaired) electrons. The highest BCUT2D eigenvalue weighted by Gasteiger charge is 2.28. The second-order valence-corrected chi connectivity index (χ2v) is 6.72. The SMILES string of the molecule is CC(C)c1csc([C@@H]2CCCN(C(=O)c3ccco3)C2)n1. The first-order valence-corrected chi connectivity index (χ1v) is 8.31. The molecular weight excluding hydrogens is 284 g/mol. The van der Waals surface area contributed by atoms with Crippen LogP contribution >= 0.6 is 11.3 Å². The predicted octanol–water partition coefficient (Wildman–Crippen LogP) is 3.88. The summed E-state index contributed by atoms with van der Waals surface area (Å²) in [7, 11) is 0. The molecule has 0 spiro atoms. The lowest BCUT2D eigenvalue weighted by atomic mass is 9.98. The molecule has 1 fully saturated rings. The minimum Gasteiger partial charge on any atom is -0.459 e. The molecule has 0 bridgehead atoms. The second-order valence-electron chi connectivity index (χ2n) is 5.83. The van der Waals surface area contributed by atoms with Crippen LogP contribution in [0.3, 0.4) is 0 Å². The van der Waals surface area contributed by atoms with Crippen LogP contribution < -0.4 is 0 Å². The Morgan fingerprint density at radius 2 is 2.38 bits per heavy atom. The minimum atomic E-state index is -0.00895. The molecule has 112 valence electrons. The van der Waals surface area contributed by atoms with Crippen LogP contribution in [0.2, 0.25) is 0 Å². The van der Waals surface area contributed by atoms with Gasteiger partial charge in [-0.3, -0.25) is 4.79 Å². The molecule has 2 aromatic rings. The van der Waals surface area contributed by atoms with E-state index in [0.29, 0.717) is 17.6 Å². The van der Waals surface area contributed by atoms with Crippen LogP contribution in [0.1, 0.15) is 59.8 Å². The molecule has 5 heteroatoms. The van der Waals surface area contributed by atoms with Crippen molar-refractivity contribution in [1.82, 2.24) is 9.88 Å². The van der Waals surface area contributed by atoms with Crippen LogP contribution in [-0.4, -0.2) is 28.9 Å². The lowest BCUT2D eigenvalue weighted by Crippen LogP contribution is -2.38. The van der Waals surface area contributed by atoms with Gasteiger partial charge in [0.2, 0.25) is 0 Å². The maximum absolute atomic E-state index is 12.4. The average Bonchev–Trinajstić information content (AvgIpc) is 3.18. The number of amides is 1. The van der Waals surface area contributed by atoms with Gasteiger partial charge in [-0.05, 0) is 30.9 Å². The number of carbonyl (C=O) groups excluding carboxylic acids is 1. The van der Waals surface area contributed by atoms with Crippen LogP contribution in [0.5, 0.6) is 0 Å². The fourth-order valence-corrected chi connectivity index (χ4v) is 3.78. The van der Waals surface area contributed by atoms with Gasteiger partial charge in [-0.1, -0.05) is 13.8 Å². The Kier molecular flexibility index (Phi) is 4.10. The van der Waals surface area contributed by atoms with E-state index in [0.717, 1.165) is 36.6 Å². The molecule has 0 unspecified atom stereocenters. The highest BCUT2D eigenvalue weighted by Crippen LogP contribution is 2.31. The summed E-state index contributed by atoms with van der Waals surface area (Å²) in [4.78, 5) is 19.0. The molecule has 0 saturated carbocycles. The third-order valence-corrected chi connectivity index (χ3v) is 4.95. The molecule has 3 rings (SSSR count). The van der Waals surface area contributed by atoms with Crippen molar-refractivity contribution in [2.45, 2.75) is 38.5 Å². The van der Waals surface area contributed by atoms with E-state index in [1.54, 1.807) is 29.7 Å². The molecule has 2 aromatic heterocycles. The van der Waals surface area contributed by atoms with Crippen LogP contribution in [0.25, 0.3) is 0 Å². The lowest BCUT2D eigenvalue weighted by molar-refractivity contribution is 0.0675. The lowest BCUT2D eigenvalue weighted by Gasteiger charge is -2.31. The number of furan rings is 1. The molecule has 1 atom stereocenters. The van der Waals surface area contributed by atoms with Gasteiger partial charge in [0.25, 0.3) is 5.91 Å². The van der Waals surface area contributed by atoms with E-state index >= 15 is 0 Å². The van der Waals surface area contributed by atoms with E-state index in [4.69, 9.17) is 9.40 Å². The zero-order valence-corrected chi connectivity index (χ0v) is 13.2. The fourth-order valence-electron chi connectivity index (χ4n) is 2.67. The monoisotopic (exact) mass is 304 g/mol. The number of thiazole rings is 1. The quantitative estimate of drug-likeness (QED) is 0.864. The van der Waals surface area contributed by atoms with Gasteiger partial charge in [0.15, 0.2) is 5.76 Å². The van der Waals surface area contributed by atoms with Gasteiger partial charge in [0.1, 0.15) is 0 Å². The first-order valence-electron chi connectivity index (χ1n) is 7.43. The highest BCUT2D eigenvalue weighted by molar-refractivity contribution is 7.09. The molecule has 1 amide bonds. The summed E-state index contributed by atoms with van der Waals surface area (Å²) in [6, 6.07) is 3.48. The number of hydrogen-bond acceptors (Lipinski definition) is 4. The van der Waals surface area contributed by atoms with E-state index in [9.17, 15) is 4.79 Å². The zero-order valence-electron chi connectivity index (χ0n) is 12.4. The summed E-state index contributed by atoms with van der Waals surface area (Å²) in [6.45, 7) is 5.86. The first kappa shape index (κ1) is 14.3. The molecule has 21 heavy (non-hydrogen) atoms. The van der Waals surface area contributed by atoms with E-state index in [2.05, 4.69) is 19.2 Å². The predicted molar refractivity (Wildman–Crippen MR) is 82.8 cm³/mol. The highest BCUT2D eigenvalue weighted by atomic mass is 32.1. The number of nitrogens with zero attached hydrogens (tertiary/aromatic N) is 2. The molecule has 3 heterocycles. The van der Waals surface area contributed by atoms with E-state index in [-0.39, 0.29) is 5.91 Å². The van der Waals surface area contributed by atoms with E-state index < -0.39 is 0 Å². The number of carbonyl (C=O) groups is 1. The van der Waals surface area contributed by atoms with Crippen molar-refractivity contribution in [1.29, 1.82) is 0 Å². The summed E-state index contributed by atoms with van der Waals surface area (Å²) in [5, 5.41) is 3.31. The summed E-state index contributed by atoms with van der Waals surface area (Å²) in [5.41, 5.74) is 1.16. The smallest absolute Gasteiger partial charge is 0.289 e. The van der Waals surface area contributed by atoms with Crippen LogP contribution in [0.4, 0.5) is 0 Å². The number of likely N-dealkylation sites (tertiary alicyclic amines) is 1. The molecule has 4 nitrogen and oxygen atoms in total. The topological polar surface area (TPSA) is 46.3 Å².